The summed E-state index contributed by atoms with van der Waals surface area (Å²) in [5.74, 6) is -3.33. The van der Waals surface area contributed by atoms with E-state index >= 15 is 0 Å². The van der Waals surface area contributed by atoms with Gasteiger partial charge in [0.25, 0.3) is 6.43 Å². The zero-order chi connectivity index (χ0) is 14.8. The van der Waals surface area contributed by atoms with Gasteiger partial charge in [-0.25, -0.2) is 18.6 Å². The van der Waals surface area contributed by atoms with Crippen molar-refractivity contribution >= 4 is 5.97 Å². The molecule has 0 radical (unpaired) electrons. The SMILES string of the molecule is N#Cc1c(C(=O)O)cnc(OC(F)(F)F)c1C(F)F. The van der Waals surface area contributed by atoms with E-state index in [1.54, 1.807) is 0 Å². The third kappa shape index (κ3) is 3.27. The van der Waals surface area contributed by atoms with Crippen LogP contribution in [0.1, 0.15) is 27.9 Å². The maximum absolute atomic E-state index is 12.7. The van der Waals surface area contributed by atoms with E-state index in [1.165, 1.54) is 0 Å². The van der Waals surface area contributed by atoms with Gasteiger partial charge in [0.1, 0.15) is 6.07 Å². The Kier molecular flexibility index (Phi) is 3.89. The van der Waals surface area contributed by atoms with Crippen LogP contribution in [0.5, 0.6) is 5.88 Å². The molecule has 0 atom stereocenters. The van der Waals surface area contributed by atoms with Crippen molar-refractivity contribution in [3.63, 3.8) is 0 Å². The highest BCUT2D eigenvalue weighted by Crippen LogP contribution is 2.34. The molecule has 19 heavy (non-hydrogen) atoms. The zero-order valence-corrected chi connectivity index (χ0v) is 8.70. The van der Waals surface area contributed by atoms with Gasteiger partial charge in [0.2, 0.25) is 5.88 Å². The van der Waals surface area contributed by atoms with Crippen molar-refractivity contribution in [1.82, 2.24) is 4.98 Å². The summed E-state index contributed by atoms with van der Waals surface area (Å²) < 4.78 is 64.5. The van der Waals surface area contributed by atoms with Crippen molar-refractivity contribution in [3.05, 3.63) is 22.9 Å². The van der Waals surface area contributed by atoms with Gasteiger partial charge >= 0.3 is 12.3 Å². The molecular formula is C9H3F5N2O3. The Morgan fingerprint density at radius 1 is 1.47 bits per heavy atom. The van der Waals surface area contributed by atoms with Gasteiger partial charge < -0.3 is 9.84 Å². The van der Waals surface area contributed by atoms with Gasteiger partial charge in [-0.1, -0.05) is 0 Å². The third-order valence-electron chi connectivity index (χ3n) is 1.85. The highest BCUT2D eigenvalue weighted by atomic mass is 19.4. The number of carboxylic acids is 1. The number of nitriles is 1. The molecule has 0 amide bonds. The van der Waals surface area contributed by atoms with Gasteiger partial charge in [0.15, 0.2) is 0 Å². The Balaban J connectivity index is 3.52. The number of hydrogen-bond donors (Lipinski definition) is 1. The molecule has 0 spiro atoms. The smallest absolute Gasteiger partial charge is 0.478 e. The molecular weight excluding hydrogens is 279 g/mol. The molecule has 0 aliphatic carbocycles. The zero-order valence-electron chi connectivity index (χ0n) is 8.70. The molecule has 0 aliphatic heterocycles. The minimum Gasteiger partial charge on any atom is -0.478 e. The Hall–Kier alpha value is -2.44. The van der Waals surface area contributed by atoms with Crippen LogP contribution in [0.2, 0.25) is 0 Å². The molecule has 102 valence electrons. The number of alkyl halides is 5. The summed E-state index contributed by atoms with van der Waals surface area (Å²) >= 11 is 0. The monoisotopic (exact) mass is 282 g/mol. The first-order valence-electron chi connectivity index (χ1n) is 4.37. The molecule has 0 saturated carbocycles. The largest absolute Gasteiger partial charge is 0.574 e. The van der Waals surface area contributed by atoms with Gasteiger partial charge in [0.05, 0.1) is 16.7 Å². The number of aromatic nitrogens is 1. The van der Waals surface area contributed by atoms with Crippen LogP contribution in [-0.2, 0) is 0 Å². The second kappa shape index (κ2) is 5.05. The average molecular weight is 282 g/mol. The van der Waals surface area contributed by atoms with Crippen molar-refractivity contribution in [3.8, 4) is 11.9 Å². The van der Waals surface area contributed by atoms with E-state index in [2.05, 4.69) is 9.72 Å². The van der Waals surface area contributed by atoms with Crippen LogP contribution in [0.3, 0.4) is 0 Å². The number of halogens is 5. The summed E-state index contributed by atoms with van der Waals surface area (Å²) in [5, 5.41) is 17.2. The van der Waals surface area contributed by atoms with Crippen molar-refractivity contribution in [2.75, 3.05) is 0 Å². The second-order valence-electron chi connectivity index (χ2n) is 3.03. The first kappa shape index (κ1) is 14.6. The van der Waals surface area contributed by atoms with E-state index in [-0.39, 0.29) is 0 Å². The number of carbonyl (C=O) groups is 1. The molecule has 1 aromatic rings. The Morgan fingerprint density at radius 2 is 2.05 bits per heavy atom. The van der Waals surface area contributed by atoms with Gasteiger partial charge in [-0.05, 0) is 0 Å². The molecule has 1 N–H and O–H groups in total. The summed E-state index contributed by atoms with van der Waals surface area (Å²) in [4.78, 5) is 13.5. The van der Waals surface area contributed by atoms with Crippen LogP contribution in [0.15, 0.2) is 6.20 Å². The fraction of sp³-hybridized carbons (Fsp3) is 0.222. The van der Waals surface area contributed by atoms with Crippen LogP contribution in [0.4, 0.5) is 22.0 Å². The van der Waals surface area contributed by atoms with Gasteiger partial charge in [-0.3, -0.25) is 0 Å². The van der Waals surface area contributed by atoms with Crippen LogP contribution in [0.25, 0.3) is 0 Å². The lowest BCUT2D eigenvalue weighted by Gasteiger charge is -2.13. The Bertz CT molecular complexity index is 550. The van der Waals surface area contributed by atoms with Crippen molar-refractivity contribution in [2.45, 2.75) is 12.8 Å². The van der Waals surface area contributed by atoms with E-state index < -0.39 is 41.3 Å². The number of hydrogen-bond acceptors (Lipinski definition) is 4. The van der Waals surface area contributed by atoms with Gasteiger partial charge in [-0.2, -0.15) is 5.26 Å². The number of nitrogens with zero attached hydrogens (tertiary/aromatic N) is 2. The highest BCUT2D eigenvalue weighted by Gasteiger charge is 2.36. The summed E-state index contributed by atoms with van der Waals surface area (Å²) in [7, 11) is 0. The van der Waals surface area contributed by atoms with E-state index in [1.807, 2.05) is 0 Å². The fourth-order valence-electron chi connectivity index (χ4n) is 1.19. The fourth-order valence-corrected chi connectivity index (χ4v) is 1.19. The Labute approximate surface area is 101 Å². The van der Waals surface area contributed by atoms with Crippen LogP contribution in [-0.4, -0.2) is 22.4 Å². The number of aromatic carboxylic acids is 1. The molecule has 0 bridgehead atoms. The molecule has 0 aromatic carbocycles. The lowest BCUT2D eigenvalue weighted by Crippen LogP contribution is -2.20. The molecule has 1 aromatic heterocycles. The van der Waals surface area contributed by atoms with Gasteiger partial charge in [0, 0.05) is 6.20 Å². The van der Waals surface area contributed by atoms with Crippen molar-refractivity contribution in [1.29, 1.82) is 5.26 Å². The normalized spacial score (nSPS) is 11.2. The van der Waals surface area contributed by atoms with Crippen LogP contribution in [0, 0.1) is 11.3 Å². The van der Waals surface area contributed by atoms with Crippen LogP contribution >= 0.6 is 0 Å². The first-order chi connectivity index (χ1) is 8.67. The molecule has 0 unspecified atom stereocenters. The molecule has 5 nitrogen and oxygen atoms in total. The number of pyridine rings is 1. The number of carboxylic acid groups (broad SMARTS) is 1. The third-order valence-corrected chi connectivity index (χ3v) is 1.85. The maximum Gasteiger partial charge on any atom is 0.574 e. The topological polar surface area (TPSA) is 83.2 Å². The first-order valence-corrected chi connectivity index (χ1v) is 4.37. The molecule has 0 saturated heterocycles. The second-order valence-corrected chi connectivity index (χ2v) is 3.03. The lowest BCUT2D eigenvalue weighted by atomic mass is 10.1. The molecule has 10 heteroatoms. The summed E-state index contributed by atoms with van der Waals surface area (Å²) in [6.07, 6.45) is -8.51. The highest BCUT2D eigenvalue weighted by molar-refractivity contribution is 5.91. The molecule has 0 aliphatic rings. The average Bonchev–Trinajstić information content (AvgIpc) is 2.25. The Morgan fingerprint density at radius 3 is 2.42 bits per heavy atom. The lowest BCUT2D eigenvalue weighted by molar-refractivity contribution is -0.276. The van der Waals surface area contributed by atoms with E-state index in [0.29, 0.717) is 6.20 Å². The minimum atomic E-state index is -5.30. The van der Waals surface area contributed by atoms with Crippen molar-refractivity contribution in [2.24, 2.45) is 0 Å². The predicted molar refractivity (Wildman–Crippen MR) is 47.6 cm³/mol. The number of ether oxygens (including phenoxy) is 1. The summed E-state index contributed by atoms with van der Waals surface area (Å²) in [5.41, 5.74) is -3.58. The van der Waals surface area contributed by atoms with Crippen LogP contribution < -0.4 is 4.74 Å². The van der Waals surface area contributed by atoms with E-state index in [9.17, 15) is 26.7 Å². The van der Waals surface area contributed by atoms with Crippen molar-refractivity contribution < 1.29 is 36.6 Å². The van der Waals surface area contributed by atoms with Gasteiger partial charge in [-0.15, -0.1) is 13.2 Å². The molecule has 0 fully saturated rings. The molecule has 1 rings (SSSR count). The summed E-state index contributed by atoms with van der Waals surface area (Å²) in [6, 6.07) is 1.10. The minimum absolute atomic E-state index is 0.341. The van der Waals surface area contributed by atoms with E-state index in [0.717, 1.165) is 6.07 Å². The quantitative estimate of drug-likeness (QED) is 0.861. The number of rotatable bonds is 3. The maximum atomic E-state index is 12.7. The summed E-state index contributed by atoms with van der Waals surface area (Å²) in [6.45, 7) is 0. The predicted octanol–water partition coefficient (Wildman–Crippen LogP) is 2.49. The molecule has 1 heterocycles. The van der Waals surface area contributed by atoms with E-state index in [4.69, 9.17) is 10.4 Å². The standard InChI is InChI=1S/C9H3F5N2O3/c10-6(11)5-3(1-15)4(8(17)18)2-16-7(5)19-9(12,13)14/h2,6H,(H,17,18).